The molecule has 0 bridgehead atoms. The van der Waals surface area contributed by atoms with Crippen LogP contribution in [0, 0.1) is 6.92 Å². The van der Waals surface area contributed by atoms with E-state index in [0.29, 0.717) is 19.7 Å². The van der Waals surface area contributed by atoms with Gasteiger partial charge in [0.1, 0.15) is 0 Å². The highest BCUT2D eigenvalue weighted by molar-refractivity contribution is 6.73. The fourth-order valence-corrected chi connectivity index (χ4v) is 5.90. The molecule has 0 atom stereocenters. The van der Waals surface area contributed by atoms with Gasteiger partial charge in [-0.05, 0) is 47.6 Å². The number of rotatable bonds is 6. The number of benzene rings is 4. The molecule has 8 heteroatoms. The van der Waals surface area contributed by atoms with Crippen molar-refractivity contribution in [1.82, 2.24) is 0 Å². The van der Waals surface area contributed by atoms with Crippen molar-refractivity contribution in [2.24, 2.45) is 0 Å². The lowest BCUT2D eigenvalue weighted by molar-refractivity contribution is -0.137. The molecular weight excluding hydrogens is 547 g/mol. The second kappa shape index (κ2) is 12.8. The van der Waals surface area contributed by atoms with Crippen LogP contribution in [0.15, 0.2) is 84.9 Å². The summed E-state index contributed by atoms with van der Waals surface area (Å²) in [5.74, 6) is -0.330. The minimum atomic E-state index is -4.52. The van der Waals surface area contributed by atoms with Crippen LogP contribution in [-0.2, 0) is 36.7 Å². The van der Waals surface area contributed by atoms with Gasteiger partial charge in [0.25, 0.3) is 0 Å². The standard InChI is InChI=1S/C18H16BF3O.C17H17BO2/c1-19-9-8-13-7-6-12(10-16(13)19)11-17(23)14-4-2-3-5-15(14)18(20,21)22;1-12-4-3-5-14(8-12)17(19)10-13-6-7-15-11-20-18(2)16(15)9-13/h2-7,10H,8-9,11H2,1H3;3-9H,10-11H2,1-2H3. The second-order valence-corrected chi connectivity index (χ2v) is 11.6. The summed E-state index contributed by atoms with van der Waals surface area (Å²) in [5.41, 5.74) is 7.59. The highest BCUT2D eigenvalue weighted by atomic mass is 19.4. The van der Waals surface area contributed by atoms with Crippen LogP contribution in [0.4, 0.5) is 13.2 Å². The van der Waals surface area contributed by atoms with E-state index >= 15 is 0 Å². The molecule has 6 rings (SSSR count). The smallest absolute Gasteiger partial charge is 0.417 e. The van der Waals surface area contributed by atoms with Crippen LogP contribution in [0.5, 0.6) is 0 Å². The van der Waals surface area contributed by atoms with Gasteiger partial charge in [-0.15, -0.1) is 0 Å². The minimum Gasteiger partial charge on any atom is -0.427 e. The molecule has 2 heterocycles. The van der Waals surface area contributed by atoms with E-state index < -0.39 is 17.5 Å². The van der Waals surface area contributed by atoms with Gasteiger partial charge < -0.3 is 4.65 Å². The molecule has 0 spiro atoms. The van der Waals surface area contributed by atoms with Crippen LogP contribution < -0.4 is 10.9 Å². The Balaban J connectivity index is 0.000000173. The second-order valence-electron chi connectivity index (χ2n) is 11.6. The molecule has 2 aliphatic heterocycles. The van der Waals surface area contributed by atoms with E-state index in [1.807, 2.05) is 55.5 Å². The first kappa shape index (κ1) is 30.6. The summed E-state index contributed by atoms with van der Waals surface area (Å²) in [6.45, 7) is 7.46. The van der Waals surface area contributed by atoms with E-state index in [1.54, 1.807) is 0 Å². The number of Topliss-reactive ketones (excluding diaryl/α,β-unsaturated/α-hetero) is 2. The fraction of sp³-hybridized carbons (Fsp3) is 0.257. The van der Waals surface area contributed by atoms with Gasteiger partial charge in [-0.1, -0.05) is 109 Å². The number of carbonyl (C=O) groups is 2. The van der Waals surface area contributed by atoms with Crippen molar-refractivity contribution in [1.29, 1.82) is 0 Å². The predicted octanol–water partition coefficient (Wildman–Crippen LogP) is 6.80. The molecule has 0 aromatic heterocycles. The Labute approximate surface area is 251 Å². The third-order valence-electron chi connectivity index (χ3n) is 8.33. The number of hydrogen-bond donors (Lipinski definition) is 0. The zero-order valence-electron chi connectivity index (χ0n) is 24.6. The number of fused-ring (bicyclic) bond motifs is 2. The number of aryl methyl sites for hydroxylation is 2. The first-order chi connectivity index (χ1) is 20.5. The van der Waals surface area contributed by atoms with E-state index in [4.69, 9.17) is 4.65 Å². The average Bonchev–Trinajstić information content (AvgIpc) is 3.54. The zero-order valence-corrected chi connectivity index (χ0v) is 24.6. The third-order valence-corrected chi connectivity index (χ3v) is 8.33. The lowest BCUT2D eigenvalue weighted by Gasteiger charge is -2.12. The van der Waals surface area contributed by atoms with Gasteiger partial charge in [0, 0.05) is 24.0 Å². The van der Waals surface area contributed by atoms with Crippen molar-refractivity contribution in [2.45, 2.75) is 58.9 Å². The van der Waals surface area contributed by atoms with Gasteiger partial charge in [-0.3, -0.25) is 9.59 Å². The van der Waals surface area contributed by atoms with Gasteiger partial charge in [-0.2, -0.15) is 13.2 Å². The molecule has 0 aliphatic carbocycles. The summed E-state index contributed by atoms with van der Waals surface area (Å²) < 4.78 is 44.7. The maximum absolute atomic E-state index is 13.0. The van der Waals surface area contributed by atoms with Gasteiger partial charge in [0.05, 0.1) is 12.2 Å². The molecule has 0 fully saturated rings. The molecule has 3 nitrogen and oxygen atoms in total. The first-order valence-corrected chi connectivity index (χ1v) is 14.6. The molecule has 4 aromatic rings. The first-order valence-electron chi connectivity index (χ1n) is 14.6. The van der Waals surface area contributed by atoms with Gasteiger partial charge in [0.15, 0.2) is 18.3 Å². The Morgan fingerprint density at radius 1 is 0.791 bits per heavy atom. The molecule has 218 valence electrons. The van der Waals surface area contributed by atoms with E-state index in [0.717, 1.165) is 41.1 Å². The molecule has 4 aromatic carbocycles. The maximum atomic E-state index is 13.0. The van der Waals surface area contributed by atoms with Crippen LogP contribution >= 0.6 is 0 Å². The normalized spacial score (nSPS) is 13.7. The SMILES string of the molecule is CB1CCc2ccc(CC(=O)c3ccccc3C(F)(F)F)cc21.CB1OCc2ccc(CC(=O)c3cccc(C)c3)cc21. The zero-order chi connectivity index (χ0) is 30.7. The number of hydrogen-bond acceptors (Lipinski definition) is 3. The quantitative estimate of drug-likeness (QED) is 0.186. The summed E-state index contributed by atoms with van der Waals surface area (Å²) in [6, 6.07) is 24.8. The summed E-state index contributed by atoms with van der Waals surface area (Å²) in [5, 5.41) is 0. The molecular formula is C35H33B2F3O3. The van der Waals surface area contributed by atoms with Crippen molar-refractivity contribution in [3.8, 4) is 0 Å². The van der Waals surface area contributed by atoms with Crippen molar-refractivity contribution in [2.75, 3.05) is 0 Å². The van der Waals surface area contributed by atoms with Crippen LogP contribution in [0.3, 0.4) is 0 Å². The Morgan fingerprint density at radius 3 is 2.19 bits per heavy atom. The predicted molar refractivity (Wildman–Crippen MR) is 167 cm³/mol. The molecule has 0 unspecified atom stereocenters. The lowest BCUT2D eigenvalue weighted by atomic mass is 9.48. The lowest BCUT2D eigenvalue weighted by Crippen LogP contribution is -2.24. The number of ketones is 2. The van der Waals surface area contributed by atoms with Crippen molar-refractivity contribution >= 4 is 36.1 Å². The molecule has 2 aliphatic rings. The Kier molecular flexibility index (Phi) is 9.07. The van der Waals surface area contributed by atoms with Gasteiger partial charge in [0.2, 0.25) is 0 Å². The Hall–Kier alpha value is -3.90. The highest BCUT2D eigenvalue weighted by Gasteiger charge is 2.34. The van der Waals surface area contributed by atoms with E-state index in [9.17, 15) is 22.8 Å². The minimum absolute atomic E-state index is 0.00685. The monoisotopic (exact) mass is 580 g/mol. The third kappa shape index (κ3) is 7.19. The molecule has 0 N–H and O–H groups in total. The largest absolute Gasteiger partial charge is 0.427 e. The highest BCUT2D eigenvalue weighted by Crippen LogP contribution is 2.32. The molecule has 0 amide bonds. The average molecular weight is 580 g/mol. The van der Waals surface area contributed by atoms with E-state index in [-0.39, 0.29) is 24.7 Å². The van der Waals surface area contributed by atoms with Crippen molar-refractivity contribution in [3.63, 3.8) is 0 Å². The fourth-order valence-electron chi connectivity index (χ4n) is 5.90. The molecule has 0 radical (unpaired) electrons. The van der Waals surface area contributed by atoms with E-state index in [1.165, 1.54) is 40.3 Å². The number of carbonyl (C=O) groups excluding carboxylic acids is 2. The summed E-state index contributed by atoms with van der Waals surface area (Å²) in [6.07, 6.45) is -1.96. The maximum Gasteiger partial charge on any atom is 0.417 e. The summed E-state index contributed by atoms with van der Waals surface area (Å²) >= 11 is 0. The molecule has 43 heavy (non-hydrogen) atoms. The molecule has 0 saturated carbocycles. The van der Waals surface area contributed by atoms with Gasteiger partial charge in [-0.25, -0.2) is 0 Å². The van der Waals surface area contributed by atoms with Crippen LogP contribution in [0.1, 0.15) is 54.1 Å². The summed E-state index contributed by atoms with van der Waals surface area (Å²) in [4.78, 5) is 24.7. The number of halogens is 3. The summed E-state index contributed by atoms with van der Waals surface area (Å²) in [7, 11) is 0. The number of alkyl halides is 3. The van der Waals surface area contributed by atoms with Crippen molar-refractivity contribution in [3.05, 3.63) is 129 Å². The van der Waals surface area contributed by atoms with Gasteiger partial charge >= 0.3 is 13.1 Å². The van der Waals surface area contributed by atoms with Crippen molar-refractivity contribution < 1.29 is 27.4 Å². The molecule has 0 saturated heterocycles. The Bertz CT molecular complexity index is 1660. The van der Waals surface area contributed by atoms with Crippen LogP contribution in [0.2, 0.25) is 20.0 Å². The Morgan fingerprint density at radius 2 is 1.47 bits per heavy atom. The van der Waals surface area contributed by atoms with E-state index in [2.05, 4.69) is 25.8 Å². The topological polar surface area (TPSA) is 43.4 Å². The van der Waals surface area contributed by atoms with Crippen LogP contribution in [0.25, 0.3) is 0 Å². The van der Waals surface area contributed by atoms with Crippen LogP contribution in [-0.4, -0.2) is 25.2 Å².